The van der Waals surface area contributed by atoms with Gasteiger partial charge in [-0.05, 0) is 64.8 Å². The molecule has 0 aliphatic carbocycles. The fourth-order valence-corrected chi connectivity index (χ4v) is 2.53. The first-order valence-corrected chi connectivity index (χ1v) is 7.58. The zero-order valence-electron chi connectivity index (χ0n) is 11.2. The van der Waals surface area contributed by atoms with Crippen LogP contribution in [0.25, 0.3) is 0 Å². The molecule has 0 aliphatic heterocycles. The number of hydrogen-bond donors (Lipinski definition) is 1. The van der Waals surface area contributed by atoms with Gasteiger partial charge in [0.2, 0.25) is 0 Å². The summed E-state index contributed by atoms with van der Waals surface area (Å²) in [5.41, 5.74) is 7.13. The largest absolute Gasteiger partial charge is 0.416 e. The lowest BCUT2D eigenvalue weighted by Gasteiger charge is -2.13. The van der Waals surface area contributed by atoms with Gasteiger partial charge in [0.25, 0.3) is 0 Å². The van der Waals surface area contributed by atoms with Crippen molar-refractivity contribution >= 4 is 22.6 Å². The van der Waals surface area contributed by atoms with Gasteiger partial charge in [0.1, 0.15) is 0 Å². The Hall–Kier alpha value is -1.08. The normalized spacial score (nSPS) is 13.2. The van der Waals surface area contributed by atoms with E-state index < -0.39 is 11.7 Å². The highest BCUT2D eigenvalue weighted by atomic mass is 127. The van der Waals surface area contributed by atoms with Crippen LogP contribution < -0.4 is 5.73 Å². The molecule has 2 aromatic carbocycles. The Balaban J connectivity index is 2.02. The predicted octanol–water partition coefficient (Wildman–Crippen LogP) is 4.42. The summed E-state index contributed by atoms with van der Waals surface area (Å²) in [4.78, 5) is 0. The summed E-state index contributed by atoms with van der Waals surface area (Å²) in [6.07, 6.45) is -3.24. The van der Waals surface area contributed by atoms with Gasteiger partial charge in [0.05, 0.1) is 5.56 Å². The fourth-order valence-electron chi connectivity index (χ4n) is 2.17. The van der Waals surface area contributed by atoms with E-state index in [2.05, 4.69) is 22.6 Å². The summed E-state index contributed by atoms with van der Waals surface area (Å²) in [5.74, 6) is 0. The van der Waals surface area contributed by atoms with Crippen LogP contribution in [0.4, 0.5) is 13.2 Å². The van der Waals surface area contributed by atoms with Crippen LogP contribution in [0.15, 0.2) is 48.5 Å². The summed E-state index contributed by atoms with van der Waals surface area (Å²) in [6, 6.07) is 13.1. The minimum atomic E-state index is -4.31. The molecule has 0 amide bonds. The van der Waals surface area contributed by atoms with Crippen molar-refractivity contribution in [1.29, 1.82) is 0 Å². The number of alkyl halides is 3. The highest BCUT2D eigenvalue weighted by Crippen LogP contribution is 2.29. The van der Waals surface area contributed by atoms with Gasteiger partial charge in [-0.2, -0.15) is 13.2 Å². The van der Waals surface area contributed by atoms with Crippen LogP contribution in [0.2, 0.25) is 0 Å². The third-order valence-electron chi connectivity index (χ3n) is 3.16. The fraction of sp³-hybridized carbons (Fsp3) is 0.250. The molecule has 0 spiro atoms. The highest BCUT2D eigenvalue weighted by molar-refractivity contribution is 14.1. The molecule has 2 aromatic rings. The Morgan fingerprint density at radius 2 is 1.57 bits per heavy atom. The first-order valence-electron chi connectivity index (χ1n) is 6.51. The van der Waals surface area contributed by atoms with E-state index in [4.69, 9.17) is 5.73 Å². The van der Waals surface area contributed by atoms with Crippen molar-refractivity contribution in [2.24, 2.45) is 5.73 Å². The zero-order chi connectivity index (χ0) is 15.5. The molecule has 0 aromatic heterocycles. The number of benzene rings is 2. The van der Waals surface area contributed by atoms with Gasteiger partial charge in [0, 0.05) is 9.61 Å². The average molecular weight is 405 g/mol. The molecule has 1 atom stereocenters. The maximum atomic E-state index is 12.7. The maximum Gasteiger partial charge on any atom is 0.416 e. The molecule has 2 N–H and O–H groups in total. The van der Waals surface area contributed by atoms with Gasteiger partial charge in [0.15, 0.2) is 0 Å². The lowest BCUT2D eigenvalue weighted by atomic mass is 9.98. The summed E-state index contributed by atoms with van der Waals surface area (Å²) < 4.78 is 39.1. The highest BCUT2D eigenvalue weighted by Gasteiger charge is 2.30. The van der Waals surface area contributed by atoms with Crippen LogP contribution in [0.1, 0.15) is 16.7 Å². The molecule has 0 saturated heterocycles. The third kappa shape index (κ3) is 5.00. The second kappa shape index (κ2) is 6.79. The predicted molar refractivity (Wildman–Crippen MR) is 86.0 cm³/mol. The molecule has 21 heavy (non-hydrogen) atoms. The van der Waals surface area contributed by atoms with E-state index >= 15 is 0 Å². The molecular formula is C16H15F3IN. The third-order valence-corrected chi connectivity index (χ3v) is 3.88. The van der Waals surface area contributed by atoms with Gasteiger partial charge in [-0.15, -0.1) is 0 Å². The number of hydrogen-bond acceptors (Lipinski definition) is 1. The monoisotopic (exact) mass is 405 g/mol. The molecule has 2 rings (SSSR count). The van der Waals surface area contributed by atoms with E-state index in [1.807, 2.05) is 24.3 Å². The molecule has 0 aliphatic rings. The Kier molecular flexibility index (Phi) is 5.27. The first kappa shape index (κ1) is 16.3. The average Bonchev–Trinajstić information content (AvgIpc) is 2.41. The van der Waals surface area contributed by atoms with Crippen LogP contribution in [-0.2, 0) is 19.0 Å². The van der Waals surface area contributed by atoms with Crippen molar-refractivity contribution in [2.45, 2.75) is 25.1 Å². The van der Waals surface area contributed by atoms with E-state index in [1.165, 1.54) is 12.1 Å². The Labute approximate surface area is 135 Å². The lowest BCUT2D eigenvalue weighted by molar-refractivity contribution is -0.137. The van der Waals surface area contributed by atoms with E-state index in [0.29, 0.717) is 18.4 Å². The number of nitrogens with two attached hydrogens (primary N) is 1. The Morgan fingerprint density at radius 3 is 2.19 bits per heavy atom. The van der Waals surface area contributed by atoms with Crippen molar-refractivity contribution in [3.63, 3.8) is 0 Å². The van der Waals surface area contributed by atoms with Crippen LogP contribution >= 0.6 is 22.6 Å². The quantitative estimate of drug-likeness (QED) is 0.749. The van der Waals surface area contributed by atoms with E-state index in [-0.39, 0.29) is 6.04 Å². The van der Waals surface area contributed by atoms with Crippen molar-refractivity contribution in [3.8, 4) is 0 Å². The standard InChI is InChI=1S/C16H15F3IN/c17-16(18,19)13-3-1-2-12(8-13)10-15(21)9-11-4-6-14(20)7-5-11/h1-8,15H,9-10,21H2. The summed E-state index contributed by atoms with van der Waals surface area (Å²) in [6.45, 7) is 0. The molecule has 1 unspecified atom stereocenters. The van der Waals surface area contributed by atoms with Crippen molar-refractivity contribution in [3.05, 3.63) is 68.8 Å². The van der Waals surface area contributed by atoms with Crippen LogP contribution in [-0.4, -0.2) is 6.04 Å². The van der Waals surface area contributed by atoms with Gasteiger partial charge in [-0.3, -0.25) is 0 Å². The van der Waals surface area contributed by atoms with E-state index in [9.17, 15) is 13.2 Å². The van der Waals surface area contributed by atoms with E-state index in [0.717, 1.165) is 15.2 Å². The maximum absolute atomic E-state index is 12.7. The topological polar surface area (TPSA) is 26.0 Å². The number of halogens is 4. The summed E-state index contributed by atoms with van der Waals surface area (Å²) >= 11 is 2.22. The number of rotatable bonds is 4. The van der Waals surface area contributed by atoms with Crippen molar-refractivity contribution < 1.29 is 13.2 Å². The van der Waals surface area contributed by atoms with Crippen LogP contribution in [0.5, 0.6) is 0 Å². The molecule has 0 radical (unpaired) electrons. The van der Waals surface area contributed by atoms with Crippen molar-refractivity contribution in [2.75, 3.05) is 0 Å². The SMILES string of the molecule is NC(Cc1ccc(I)cc1)Cc1cccc(C(F)(F)F)c1. The van der Waals surface area contributed by atoms with Gasteiger partial charge in [-0.1, -0.05) is 30.3 Å². The minimum absolute atomic E-state index is 0.200. The zero-order valence-corrected chi connectivity index (χ0v) is 13.4. The van der Waals surface area contributed by atoms with Crippen LogP contribution in [0, 0.1) is 3.57 Å². The molecular weight excluding hydrogens is 390 g/mol. The summed E-state index contributed by atoms with van der Waals surface area (Å²) in [5, 5.41) is 0. The van der Waals surface area contributed by atoms with Crippen LogP contribution in [0.3, 0.4) is 0 Å². The molecule has 0 heterocycles. The van der Waals surface area contributed by atoms with E-state index in [1.54, 1.807) is 6.07 Å². The van der Waals surface area contributed by atoms with Gasteiger partial charge < -0.3 is 5.73 Å². The second-order valence-corrected chi connectivity index (χ2v) is 6.24. The van der Waals surface area contributed by atoms with Gasteiger partial charge in [-0.25, -0.2) is 0 Å². The Bertz CT molecular complexity index is 593. The lowest BCUT2D eigenvalue weighted by Crippen LogP contribution is -2.25. The molecule has 1 nitrogen and oxygen atoms in total. The van der Waals surface area contributed by atoms with Gasteiger partial charge >= 0.3 is 6.18 Å². The summed E-state index contributed by atoms with van der Waals surface area (Å²) in [7, 11) is 0. The molecule has 112 valence electrons. The molecule has 5 heteroatoms. The smallest absolute Gasteiger partial charge is 0.327 e. The molecule has 0 fully saturated rings. The molecule has 0 bridgehead atoms. The molecule has 0 saturated carbocycles. The minimum Gasteiger partial charge on any atom is -0.327 e. The first-order chi connectivity index (χ1) is 9.84. The second-order valence-electron chi connectivity index (χ2n) is 4.99. The van der Waals surface area contributed by atoms with Crippen molar-refractivity contribution in [1.82, 2.24) is 0 Å². The Morgan fingerprint density at radius 1 is 0.952 bits per heavy atom.